The third kappa shape index (κ3) is 2.45. The number of rotatable bonds is 2. The zero-order chi connectivity index (χ0) is 17.1. The van der Waals surface area contributed by atoms with Crippen LogP contribution in [0.25, 0.3) is 0 Å². The van der Waals surface area contributed by atoms with Crippen molar-refractivity contribution >= 4 is 18.3 Å². The van der Waals surface area contributed by atoms with E-state index in [1.54, 1.807) is 0 Å². The van der Waals surface area contributed by atoms with Gasteiger partial charge in [-0.15, -0.1) is 12.4 Å². The molecule has 4 atom stereocenters. The summed E-state index contributed by atoms with van der Waals surface area (Å²) in [6, 6.07) is 0.0229. The second-order valence-corrected chi connectivity index (χ2v) is 8.22. The molecular formula is C18H29ClN4O2. The predicted molar refractivity (Wildman–Crippen MR) is 97.4 cm³/mol. The normalized spacial score (nSPS) is 35.6. The quantitative estimate of drug-likeness (QED) is 0.834. The van der Waals surface area contributed by atoms with Crippen LogP contribution in [0.4, 0.5) is 0 Å². The number of fused-ring (bicyclic) bond motifs is 2. The molecule has 1 amide bonds. The number of aryl methyl sites for hydroxylation is 1. The summed E-state index contributed by atoms with van der Waals surface area (Å²) >= 11 is 0. The van der Waals surface area contributed by atoms with Gasteiger partial charge in [0, 0.05) is 36.2 Å². The molecule has 3 N–H and O–H groups in total. The van der Waals surface area contributed by atoms with Crippen molar-refractivity contribution in [3.05, 3.63) is 17.5 Å². The molecule has 25 heavy (non-hydrogen) atoms. The van der Waals surface area contributed by atoms with Crippen LogP contribution in [0, 0.1) is 11.3 Å². The summed E-state index contributed by atoms with van der Waals surface area (Å²) in [7, 11) is 1.96. The van der Waals surface area contributed by atoms with E-state index in [-0.39, 0.29) is 41.8 Å². The Morgan fingerprint density at radius 2 is 2.16 bits per heavy atom. The number of hydrogen-bond donors (Lipinski definition) is 2. The van der Waals surface area contributed by atoms with Crippen molar-refractivity contribution in [2.45, 2.75) is 63.6 Å². The van der Waals surface area contributed by atoms with E-state index >= 15 is 0 Å². The fourth-order valence-electron chi connectivity index (χ4n) is 5.17. The van der Waals surface area contributed by atoms with E-state index in [1.807, 2.05) is 17.9 Å². The predicted octanol–water partition coefficient (Wildman–Crippen LogP) is 1.87. The van der Waals surface area contributed by atoms with Crippen molar-refractivity contribution in [3.63, 3.8) is 0 Å². The van der Waals surface area contributed by atoms with Crippen LogP contribution in [0.5, 0.6) is 0 Å². The van der Waals surface area contributed by atoms with Crippen molar-refractivity contribution in [2.75, 3.05) is 6.61 Å². The fraction of sp³-hybridized carbons (Fsp3) is 0.778. The van der Waals surface area contributed by atoms with Crippen LogP contribution < -0.4 is 11.1 Å². The Morgan fingerprint density at radius 1 is 1.40 bits per heavy atom. The number of halogens is 1. The minimum Gasteiger partial charge on any atom is -0.377 e. The molecule has 6 nitrogen and oxygen atoms in total. The Kier molecular flexibility index (Phi) is 4.67. The van der Waals surface area contributed by atoms with Crippen LogP contribution in [-0.2, 0) is 23.0 Å². The first-order chi connectivity index (χ1) is 11.4. The molecule has 1 aromatic heterocycles. The zero-order valence-electron chi connectivity index (χ0n) is 15.2. The Morgan fingerprint density at radius 3 is 2.92 bits per heavy atom. The average Bonchev–Trinajstić information content (AvgIpc) is 2.96. The third-order valence-corrected chi connectivity index (χ3v) is 6.74. The van der Waals surface area contributed by atoms with Gasteiger partial charge in [-0.25, -0.2) is 0 Å². The van der Waals surface area contributed by atoms with Crippen molar-refractivity contribution in [2.24, 2.45) is 24.1 Å². The second-order valence-electron chi connectivity index (χ2n) is 8.22. The van der Waals surface area contributed by atoms with Gasteiger partial charge in [-0.1, -0.05) is 13.8 Å². The monoisotopic (exact) mass is 368 g/mol. The van der Waals surface area contributed by atoms with Crippen molar-refractivity contribution in [3.8, 4) is 0 Å². The molecule has 4 unspecified atom stereocenters. The number of aromatic nitrogens is 2. The summed E-state index contributed by atoms with van der Waals surface area (Å²) < 4.78 is 7.83. The lowest BCUT2D eigenvalue weighted by Crippen LogP contribution is -2.82. The maximum atomic E-state index is 13.2. The molecule has 1 saturated heterocycles. The highest BCUT2D eigenvalue weighted by Gasteiger charge is 2.70. The highest BCUT2D eigenvalue weighted by Crippen LogP contribution is 2.57. The summed E-state index contributed by atoms with van der Waals surface area (Å²) in [5.41, 5.74) is 7.89. The lowest BCUT2D eigenvalue weighted by Gasteiger charge is -2.65. The van der Waals surface area contributed by atoms with Crippen LogP contribution >= 0.6 is 12.4 Å². The molecule has 0 aromatic carbocycles. The topological polar surface area (TPSA) is 82.2 Å². The highest BCUT2D eigenvalue weighted by molar-refractivity contribution is 5.90. The molecule has 140 valence electrons. The van der Waals surface area contributed by atoms with Crippen LogP contribution in [0.3, 0.4) is 0 Å². The number of nitrogens with zero attached hydrogens (tertiary/aromatic N) is 2. The van der Waals surface area contributed by atoms with Gasteiger partial charge in [-0.3, -0.25) is 9.48 Å². The summed E-state index contributed by atoms with van der Waals surface area (Å²) in [5.74, 6) is 0.0964. The number of carbonyl (C=O) groups is 1. The lowest BCUT2D eigenvalue weighted by molar-refractivity contribution is -0.225. The molecule has 1 aliphatic heterocycles. The summed E-state index contributed by atoms with van der Waals surface area (Å²) in [4.78, 5) is 13.2. The molecule has 1 aromatic rings. The first-order valence-electron chi connectivity index (χ1n) is 9.09. The highest BCUT2D eigenvalue weighted by atomic mass is 35.5. The average molecular weight is 369 g/mol. The van der Waals surface area contributed by atoms with Crippen LogP contribution in [-0.4, -0.2) is 33.9 Å². The third-order valence-electron chi connectivity index (χ3n) is 6.74. The minimum atomic E-state index is -0.849. The van der Waals surface area contributed by atoms with Gasteiger partial charge >= 0.3 is 0 Å². The van der Waals surface area contributed by atoms with E-state index in [0.29, 0.717) is 0 Å². The molecule has 2 heterocycles. The minimum absolute atomic E-state index is 0. The largest absolute Gasteiger partial charge is 0.377 e. The van der Waals surface area contributed by atoms with Gasteiger partial charge in [0.2, 0.25) is 5.91 Å². The number of nitrogens with two attached hydrogens (primary N) is 1. The summed E-state index contributed by atoms with van der Waals surface area (Å²) in [6.45, 7) is 4.91. The molecule has 0 radical (unpaired) electrons. The number of nitrogens with one attached hydrogen (secondary N) is 1. The number of amides is 1. The zero-order valence-corrected chi connectivity index (χ0v) is 16.1. The molecule has 1 saturated carbocycles. The maximum Gasteiger partial charge on any atom is 0.241 e. The summed E-state index contributed by atoms with van der Waals surface area (Å²) in [5, 5.41) is 7.61. The number of hydrogen-bond acceptors (Lipinski definition) is 4. The molecule has 0 spiro atoms. The van der Waals surface area contributed by atoms with Crippen molar-refractivity contribution in [1.29, 1.82) is 0 Å². The Labute approximate surface area is 155 Å². The van der Waals surface area contributed by atoms with Gasteiger partial charge in [0.25, 0.3) is 0 Å². The van der Waals surface area contributed by atoms with Crippen LogP contribution in [0.1, 0.15) is 56.8 Å². The van der Waals surface area contributed by atoms with Crippen LogP contribution in [0.15, 0.2) is 6.20 Å². The standard InChI is InChI=1S/C18H28N4O2.ClH/c1-17(2)15-12(6-5-9-24-15)18(17,19)16(23)21-13-7-4-8-14-11(13)10-20-22(14)3;/h10,12-13,15H,4-9,19H2,1-3H3,(H,21,23);1H. The Balaban J connectivity index is 0.00000182. The van der Waals surface area contributed by atoms with Gasteiger partial charge in [0.1, 0.15) is 5.54 Å². The molecule has 4 rings (SSSR count). The maximum absolute atomic E-state index is 13.2. The smallest absolute Gasteiger partial charge is 0.241 e. The molecule has 7 heteroatoms. The SMILES string of the molecule is Cl.Cn1ncc2c1CCCC2NC(=O)C1(N)C2CCCOC2C1(C)C. The van der Waals surface area contributed by atoms with Gasteiger partial charge in [-0.2, -0.15) is 5.10 Å². The van der Waals surface area contributed by atoms with E-state index in [2.05, 4.69) is 24.3 Å². The van der Waals surface area contributed by atoms with Gasteiger partial charge < -0.3 is 15.8 Å². The van der Waals surface area contributed by atoms with E-state index < -0.39 is 5.54 Å². The number of carbonyl (C=O) groups excluding carboxylic acids is 1. The van der Waals surface area contributed by atoms with E-state index in [4.69, 9.17) is 10.5 Å². The molecule has 0 bridgehead atoms. The lowest BCUT2D eigenvalue weighted by atomic mass is 9.46. The number of ether oxygens (including phenoxy) is 1. The van der Waals surface area contributed by atoms with Gasteiger partial charge in [0.15, 0.2) is 0 Å². The molecule has 2 fully saturated rings. The molecular weight excluding hydrogens is 340 g/mol. The Bertz CT molecular complexity index is 674. The summed E-state index contributed by atoms with van der Waals surface area (Å²) in [6.07, 6.45) is 6.98. The van der Waals surface area contributed by atoms with Crippen LogP contribution in [0.2, 0.25) is 0 Å². The van der Waals surface area contributed by atoms with Gasteiger partial charge in [-0.05, 0) is 32.1 Å². The Hall–Kier alpha value is -1.11. The fourth-order valence-corrected chi connectivity index (χ4v) is 5.17. The van der Waals surface area contributed by atoms with E-state index in [1.165, 1.54) is 5.69 Å². The van der Waals surface area contributed by atoms with Gasteiger partial charge in [0.05, 0.1) is 18.3 Å². The van der Waals surface area contributed by atoms with E-state index in [9.17, 15) is 4.79 Å². The molecule has 2 aliphatic carbocycles. The first-order valence-corrected chi connectivity index (χ1v) is 9.09. The van der Waals surface area contributed by atoms with Crippen molar-refractivity contribution in [1.82, 2.24) is 15.1 Å². The first kappa shape index (κ1) is 18.7. The van der Waals surface area contributed by atoms with Crippen molar-refractivity contribution < 1.29 is 9.53 Å². The second kappa shape index (κ2) is 6.25. The van der Waals surface area contributed by atoms with E-state index in [0.717, 1.165) is 44.3 Å². The molecule has 3 aliphatic rings.